The summed E-state index contributed by atoms with van der Waals surface area (Å²) in [6.07, 6.45) is 4.22. The van der Waals surface area contributed by atoms with Gasteiger partial charge in [-0.1, -0.05) is 13.8 Å². The zero-order chi connectivity index (χ0) is 16.2. The van der Waals surface area contributed by atoms with E-state index in [1.54, 1.807) is 11.1 Å². The molecule has 2 aromatic rings. The zero-order valence-electron chi connectivity index (χ0n) is 13.3. The number of H-pyrrole nitrogens is 1. The monoisotopic (exact) mass is 316 g/mol. The highest BCUT2D eigenvalue weighted by Gasteiger charge is 2.29. The summed E-state index contributed by atoms with van der Waals surface area (Å²) in [7, 11) is 0. The first-order valence-corrected chi connectivity index (χ1v) is 7.83. The summed E-state index contributed by atoms with van der Waals surface area (Å²) in [6, 6.07) is 0. The smallest absolute Gasteiger partial charge is 0.257 e. The Morgan fingerprint density at radius 1 is 1.43 bits per heavy atom. The maximum absolute atomic E-state index is 12.8. The molecule has 0 aliphatic carbocycles. The Balaban J connectivity index is 1.76. The minimum Gasteiger partial charge on any atom is -0.366 e. The summed E-state index contributed by atoms with van der Waals surface area (Å²) >= 11 is 0. The summed E-state index contributed by atoms with van der Waals surface area (Å²) in [4.78, 5) is 27.1. The molecule has 122 valence electrons. The third-order valence-corrected chi connectivity index (χ3v) is 3.89. The number of aromatic nitrogens is 5. The van der Waals surface area contributed by atoms with Gasteiger partial charge in [-0.2, -0.15) is 5.10 Å². The Labute approximate surface area is 134 Å². The maximum atomic E-state index is 12.8. The second-order valence-electron chi connectivity index (χ2n) is 5.34. The number of amides is 1. The van der Waals surface area contributed by atoms with Crippen molar-refractivity contribution in [2.24, 2.45) is 0 Å². The molecule has 8 heteroatoms. The number of rotatable bonds is 4. The van der Waals surface area contributed by atoms with Crippen LogP contribution in [0.1, 0.15) is 47.7 Å². The lowest BCUT2D eigenvalue weighted by Crippen LogP contribution is -2.43. The Morgan fingerprint density at radius 2 is 2.30 bits per heavy atom. The number of hydrogen-bond donors (Lipinski definition) is 1. The highest BCUT2D eigenvalue weighted by atomic mass is 16.5. The van der Waals surface area contributed by atoms with Crippen molar-refractivity contribution in [2.45, 2.75) is 32.8 Å². The summed E-state index contributed by atoms with van der Waals surface area (Å²) < 4.78 is 5.72. The molecule has 1 saturated heterocycles. The topological polar surface area (TPSA) is 96.9 Å². The number of morpholine rings is 1. The van der Waals surface area contributed by atoms with Gasteiger partial charge in [0.15, 0.2) is 5.82 Å². The van der Waals surface area contributed by atoms with Crippen molar-refractivity contribution < 1.29 is 9.53 Å². The van der Waals surface area contributed by atoms with E-state index in [-0.39, 0.29) is 12.0 Å². The molecule has 0 radical (unpaired) electrons. The first-order valence-electron chi connectivity index (χ1n) is 7.83. The van der Waals surface area contributed by atoms with E-state index in [9.17, 15) is 4.79 Å². The summed E-state index contributed by atoms with van der Waals surface area (Å²) in [5.74, 6) is 1.35. The molecule has 1 aliphatic heterocycles. The Bertz CT molecular complexity index is 686. The molecule has 1 atom stereocenters. The van der Waals surface area contributed by atoms with Crippen molar-refractivity contribution in [1.82, 2.24) is 30.0 Å². The highest BCUT2D eigenvalue weighted by molar-refractivity contribution is 5.95. The van der Waals surface area contributed by atoms with Crippen molar-refractivity contribution in [1.29, 1.82) is 0 Å². The minimum absolute atomic E-state index is 0.0676. The van der Waals surface area contributed by atoms with Crippen LogP contribution in [0.15, 0.2) is 12.5 Å². The molecule has 1 N–H and O–H groups in total. The summed E-state index contributed by atoms with van der Waals surface area (Å²) in [5, 5.41) is 7.07. The zero-order valence-corrected chi connectivity index (χ0v) is 13.3. The van der Waals surface area contributed by atoms with Crippen LogP contribution in [0.5, 0.6) is 0 Å². The fourth-order valence-electron chi connectivity index (χ4n) is 2.59. The van der Waals surface area contributed by atoms with Crippen LogP contribution in [-0.2, 0) is 17.6 Å². The molecule has 1 aliphatic rings. The van der Waals surface area contributed by atoms with Gasteiger partial charge in [0, 0.05) is 19.2 Å². The van der Waals surface area contributed by atoms with Crippen LogP contribution >= 0.6 is 0 Å². The van der Waals surface area contributed by atoms with Gasteiger partial charge in [0.2, 0.25) is 0 Å². The molecule has 3 rings (SSSR count). The Morgan fingerprint density at radius 3 is 3.04 bits per heavy atom. The van der Waals surface area contributed by atoms with Gasteiger partial charge in [0.1, 0.15) is 18.3 Å². The molecule has 1 fully saturated rings. The quantitative estimate of drug-likeness (QED) is 0.901. The molecule has 2 aromatic heterocycles. The average molecular weight is 316 g/mol. The number of aromatic amines is 1. The molecule has 23 heavy (non-hydrogen) atoms. The fourth-order valence-corrected chi connectivity index (χ4v) is 2.59. The number of aryl methyl sites for hydroxylation is 2. The third kappa shape index (κ3) is 3.21. The van der Waals surface area contributed by atoms with Gasteiger partial charge in [-0.15, -0.1) is 0 Å². The predicted octanol–water partition coefficient (Wildman–Crippen LogP) is 0.933. The maximum Gasteiger partial charge on any atom is 0.257 e. The summed E-state index contributed by atoms with van der Waals surface area (Å²) in [6.45, 7) is 5.41. The standard InChI is InChI=1S/C15H20N6O2/c1-3-11-10(7-16-9-17-11)15(22)21-5-6-23-12(8-21)14-18-13(4-2)19-20-14/h7,9,12H,3-6,8H2,1-2H3,(H,18,19,20)/t12-/m1/s1. The first-order chi connectivity index (χ1) is 11.2. The normalized spacial score (nSPS) is 18.2. The van der Waals surface area contributed by atoms with Crippen LogP contribution in [0.3, 0.4) is 0 Å². The Hall–Kier alpha value is -2.35. The largest absolute Gasteiger partial charge is 0.366 e. The van der Waals surface area contributed by atoms with Crippen molar-refractivity contribution in [3.05, 3.63) is 35.4 Å². The number of hydrogen-bond acceptors (Lipinski definition) is 6. The van der Waals surface area contributed by atoms with Gasteiger partial charge in [-0.05, 0) is 6.42 Å². The molecule has 0 aromatic carbocycles. The van der Waals surface area contributed by atoms with E-state index in [0.717, 1.165) is 17.9 Å². The van der Waals surface area contributed by atoms with Gasteiger partial charge in [0.05, 0.1) is 24.4 Å². The number of carbonyl (C=O) groups is 1. The molecular formula is C15H20N6O2. The summed E-state index contributed by atoms with van der Waals surface area (Å²) in [5.41, 5.74) is 1.32. The van der Waals surface area contributed by atoms with Crippen LogP contribution in [0.4, 0.5) is 0 Å². The average Bonchev–Trinajstić information content (AvgIpc) is 3.10. The molecule has 0 bridgehead atoms. The van der Waals surface area contributed by atoms with E-state index in [1.165, 1.54) is 6.33 Å². The van der Waals surface area contributed by atoms with E-state index in [4.69, 9.17) is 4.74 Å². The lowest BCUT2D eigenvalue weighted by Gasteiger charge is -2.31. The second kappa shape index (κ2) is 6.82. The predicted molar refractivity (Wildman–Crippen MR) is 81.8 cm³/mol. The number of carbonyl (C=O) groups excluding carboxylic acids is 1. The highest BCUT2D eigenvalue weighted by Crippen LogP contribution is 2.21. The molecule has 3 heterocycles. The van der Waals surface area contributed by atoms with Gasteiger partial charge < -0.3 is 9.64 Å². The molecular weight excluding hydrogens is 296 g/mol. The van der Waals surface area contributed by atoms with Gasteiger partial charge in [-0.25, -0.2) is 15.0 Å². The van der Waals surface area contributed by atoms with Crippen molar-refractivity contribution in [3.63, 3.8) is 0 Å². The van der Waals surface area contributed by atoms with E-state index in [0.29, 0.717) is 37.5 Å². The number of ether oxygens (including phenoxy) is 1. The number of nitrogens with one attached hydrogen (secondary N) is 1. The van der Waals surface area contributed by atoms with E-state index < -0.39 is 0 Å². The molecule has 1 amide bonds. The van der Waals surface area contributed by atoms with Crippen molar-refractivity contribution >= 4 is 5.91 Å². The van der Waals surface area contributed by atoms with Crippen LogP contribution in [0.25, 0.3) is 0 Å². The van der Waals surface area contributed by atoms with Crippen LogP contribution < -0.4 is 0 Å². The molecule has 0 spiro atoms. The molecule has 0 saturated carbocycles. The third-order valence-electron chi connectivity index (χ3n) is 3.89. The molecule has 0 unspecified atom stereocenters. The van der Waals surface area contributed by atoms with E-state index in [1.807, 2.05) is 13.8 Å². The Kier molecular flexibility index (Phi) is 4.61. The van der Waals surface area contributed by atoms with Crippen molar-refractivity contribution in [3.8, 4) is 0 Å². The van der Waals surface area contributed by atoms with Crippen molar-refractivity contribution in [2.75, 3.05) is 19.7 Å². The van der Waals surface area contributed by atoms with Crippen LogP contribution in [0.2, 0.25) is 0 Å². The van der Waals surface area contributed by atoms with Gasteiger partial charge >= 0.3 is 0 Å². The van der Waals surface area contributed by atoms with Gasteiger partial charge in [0.25, 0.3) is 5.91 Å². The lowest BCUT2D eigenvalue weighted by atomic mass is 10.1. The van der Waals surface area contributed by atoms with E-state index in [2.05, 4.69) is 25.1 Å². The second-order valence-corrected chi connectivity index (χ2v) is 5.34. The number of nitrogens with zero attached hydrogens (tertiary/aromatic N) is 5. The van der Waals surface area contributed by atoms with Crippen LogP contribution in [-0.4, -0.2) is 55.7 Å². The van der Waals surface area contributed by atoms with Gasteiger partial charge in [-0.3, -0.25) is 9.89 Å². The minimum atomic E-state index is -0.307. The molecule has 8 nitrogen and oxygen atoms in total. The first kappa shape index (κ1) is 15.5. The van der Waals surface area contributed by atoms with Crippen LogP contribution in [0, 0.1) is 0 Å². The van der Waals surface area contributed by atoms with E-state index >= 15 is 0 Å². The SMILES string of the molecule is CCc1nc([C@H]2CN(C(=O)c3cncnc3CC)CCO2)n[nH]1. The fraction of sp³-hybridized carbons (Fsp3) is 0.533. The lowest BCUT2D eigenvalue weighted by molar-refractivity contribution is -0.0267.